The van der Waals surface area contributed by atoms with Crippen molar-refractivity contribution in [2.45, 2.75) is 0 Å². The molecule has 0 atom stereocenters. The molecule has 0 unspecified atom stereocenters. The van der Waals surface area contributed by atoms with Gasteiger partial charge in [0.2, 0.25) is 0 Å². The molecule has 0 aromatic carbocycles. The number of esters is 1. The zero-order valence-corrected chi connectivity index (χ0v) is 10.9. The van der Waals surface area contributed by atoms with E-state index in [9.17, 15) is 4.79 Å². The number of carbonyl (C=O) groups is 1. The van der Waals surface area contributed by atoms with Gasteiger partial charge in [-0.3, -0.25) is 0 Å². The Hall–Kier alpha value is -1.43. The van der Waals surface area contributed by atoms with Crippen LogP contribution in [0.25, 0.3) is 0 Å². The maximum absolute atomic E-state index is 11.5. The standard InChI is InChI=1S/C10H12BrN3O2/c1-14(2)6-13-9-8(10(15)16-3)4-7(11)5-12-9/h4-6H,1-3H3. The predicted molar refractivity (Wildman–Crippen MR) is 65.1 cm³/mol. The highest BCUT2D eigenvalue weighted by Crippen LogP contribution is 2.20. The van der Waals surface area contributed by atoms with Gasteiger partial charge in [-0.1, -0.05) is 0 Å². The van der Waals surface area contributed by atoms with Gasteiger partial charge in [-0.15, -0.1) is 0 Å². The summed E-state index contributed by atoms with van der Waals surface area (Å²) >= 11 is 3.24. The third kappa shape index (κ3) is 3.30. The van der Waals surface area contributed by atoms with Crippen LogP contribution >= 0.6 is 15.9 Å². The maximum Gasteiger partial charge on any atom is 0.341 e. The van der Waals surface area contributed by atoms with E-state index in [1.165, 1.54) is 7.11 Å². The number of pyridine rings is 1. The summed E-state index contributed by atoms with van der Waals surface area (Å²) in [5.74, 6) is -0.122. The second kappa shape index (κ2) is 5.60. The fourth-order valence-electron chi connectivity index (χ4n) is 0.965. The highest BCUT2D eigenvalue weighted by molar-refractivity contribution is 9.10. The quantitative estimate of drug-likeness (QED) is 0.483. The molecule has 0 amide bonds. The normalized spacial score (nSPS) is 10.5. The Morgan fingerprint density at radius 3 is 2.88 bits per heavy atom. The van der Waals surface area contributed by atoms with Crippen LogP contribution in [0.5, 0.6) is 0 Å². The van der Waals surface area contributed by atoms with Crippen molar-refractivity contribution >= 4 is 34.1 Å². The lowest BCUT2D eigenvalue weighted by atomic mass is 10.2. The minimum absolute atomic E-state index is 0.329. The predicted octanol–water partition coefficient (Wildman–Crippen LogP) is 1.85. The molecule has 0 bridgehead atoms. The van der Waals surface area contributed by atoms with Gasteiger partial charge in [0.1, 0.15) is 5.56 Å². The number of aromatic nitrogens is 1. The van der Waals surface area contributed by atoms with Crippen molar-refractivity contribution in [3.05, 3.63) is 22.3 Å². The number of aliphatic imine (C=N–C) groups is 1. The second-order valence-electron chi connectivity index (χ2n) is 3.22. The Morgan fingerprint density at radius 1 is 1.62 bits per heavy atom. The third-order valence-corrected chi connectivity index (χ3v) is 2.08. The molecular formula is C10H12BrN3O2. The lowest BCUT2D eigenvalue weighted by Crippen LogP contribution is -2.08. The highest BCUT2D eigenvalue weighted by atomic mass is 79.9. The van der Waals surface area contributed by atoms with Crippen molar-refractivity contribution in [3.8, 4) is 0 Å². The van der Waals surface area contributed by atoms with Gasteiger partial charge in [-0.25, -0.2) is 14.8 Å². The van der Waals surface area contributed by atoms with Crippen molar-refractivity contribution < 1.29 is 9.53 Å². The Morgan fingerprint density at radius 2 is 2.31 bits per heavy atom. The molecule has 0 aliphatic heterocycles. The molecule has 0 saturated heterocycles. The third-order valence-electron chi connectivity index (χ3n) is 1.65. The van der Waals surface area contributed by atoms with Crippen LogP contribution in [0.3, 0.4) is 0 Å². The number of carbonyl (C=O) groups excluding carboxylic acids is 1. The van der Waals surface area contributed by atoms with Crippen molar-refractivity contribution in [1.29, 1.82) is 0 Å². The number of hydrogen-bond acceptors (Lipinski definition) is 4. The van der Waals surface area contributed by atoms with Crippen LogP contribution in [0.2, 0.25) is 0 Å². The first-order chi connectivity index (χ1) is 7.54. The van der Waals surface area contributed by atoms with Crippen molar-refractivity contribution in [2.75, 3.05) is 21.2 Å². The van der Waals surface area contributed by atoms with E-state index in [1.54, 1.807) is 23.5 Å². The number of hydrogen-bond donors (Lipinski definition) is 0. The Labute approximate surface area is 102 Å². The van der Waals surface area contributed by atoms with Gasteiger partial charge in [0.05, 0.1) is 13.4 Å². The van der Waals surface area contributed by atoms with E-state index in [0.29, 0.717) is 15.9 Å². The van der Waals surface area contributed by atoms with Gasteiger partial charge in [0.15, 0.2) is 5.82 Å². The molecule has 1 rings (SSSR count). The molecule has 0 aliphatic carbocycles. The molecule has 0 radical (unpaired) electrons. The molecule has 0 aliphatic rings. The second-order valence-corrected chi connectivity index (χ2v) is 4.14. The molecule has 1 heterocycles. The fourth-order valence-corrected chi connectivity index (χ4v) is 1.30. The number of methoxy groups -OCH3 is 1. The van der Waals surface area contributed by atoms with E-state index in [4.69, 9.17) is 0 Å². The van der Waals surface area contributed by atoms with Gasteiger partial charge in [0.25, 0.3) is 0 Å². The van der Waals surface area contributed by atoms with E-state index >= 15 is 0 Å². The zero-order valence-electron chi connectivity index (χ0n) is 9.27. The summed E-state index contributed by atoms with van der Waals surface area (Å²) in [5.41, 5.74) is 0.329. The summed E-state index contributed by atoms with van der Waals surface area (Å²) < 4.78 is 5.36. The van der Waals surface area contributed by atoms with Crippen LogP contribution in [0.15, 0.2) is 21.7 Å². The molecule has 0 N–H and O–H groups in total. The van der Waals surface area contributed by atoms with E-state index in [2.05, 4.69) is 30.6 Å². The minimum atomic E-state index is -0.459. The summed E-state index contributed by atoms with van der Waals surface area (Å²) in [6, 6.07) is 1.63. The van der Waals surface area contributed by atoms with Crippen LogP contribution in [0.1, 0.15) is 10.4 Å². The first-order valence-corrected chi connectivity index (χ1v) is 5.28. The van der Waals surface area contributed by atoms with Crippen molar-refractivity contribution in [1.82, 2.24) is 9.88 Å². The lowest BCUT2D eigenvalue weighted by Gasteiger charge is -2.05. The first-order valence-electron chi connectivity index (χ1n) is 4.49. The van der Waals surface area contributed by atoms with Gasteiger partial charge in [0, 0.05) is 24.8 Å². The monoisotopic (exact) mass is 285 g/mol. The minimum Gasteiger partial charge on any atom is -0.465 e. The summed E-state index contributed by atoms with van der Waals surface area (Å²) in [7, 11) is 4.99. The van der Waals surface area contributed by atoms with Crippen LogP contribution in [0.4, 0.5) is 5.82 Å². The van der Waals surface area contributed by atoms with Crippen LogP contribution in [0, 0.1) is 0 Å². The van der Waals surface area contributed by atoms with Crippen LogP contribution < -0.4 is 0 Å². The summed E-state index contributed by atoms with van der Waals surface area (Å²) in [5, 5.41) is 0. The van der Waals surface area contributed by atoms with E-state index in [-0.39, 0.29) is 0 Å². The number of rotatable bonds is 3. The van der Waals surface area contributed by atoms with Gasteiger partial charge in [-0.2, -0.15) is 0 Å². The summed E-state index contributed by atoms with van der Waals surface area (Å²) in [6.45, 7) is 0. The average molecular weight is 286 g/mol. The molecule has 6 heteroatoms. The van der Waals surface area contributed by atoms with Crippen LogP contribution in [-0.4, -0.2) is 43.4 Å². The number of halogens is 1. The summed E-state index contributed by atoms with van der Waals surface area (Å²) in [4.78, 5) is 21.3. The number of nitrogens with zero attached hydrogens (tertiary/aromatic N) is 3. The largest absolute Gasteiger partial charge is 0.465 e. The Bertz CT molecular complexity index is 419. The average Bonchev–Trinajstić information content (AvgIpc) is 2.26. The summed E-state index contributed by atoms with van der Waals surface area (Å²) in [6.07, 6.45) is 3.15. The highest BCUT2D eigenvalue weighted by Gasteiger charge is 2.12. The van der Waals surface area contributed by atoms with Crippen molar-refractivity contribution in [3.63, 3.8) is 0 Å². The van der Waals surface area contributed by atoms with E-state index < -0.39 is 5.97 Å². The molecule has 1 aromatic rings. The molecule has 1 aromatic heterocycles. The Kier molecular flexibility index (Phi) is 4.42. The SMILES string of the molecule is COC(=O)c1cc(Br)cnc1N=CN(C)C. The smallest absolute Gasteiger partial charge is 0.341 e. The Balaban J connectivity index is 3.12. The van der Waals surface area contributed by atoms with E-state index in [1.807, 2.05) is 14.1 Å². The molecule has 0 fully saturated rings. The van der Waals surface area contributed by atoms with Gasteiger partial charge in [-0.05, 0) is 22.0 Å². The molecule has 0 saturated carbocycles. The van der Waals surface area contributed by atoms with Gasteiger partial charge < -0.3 is 9.64 Å². The van der Waals surface area contributed by atoms with Crippen molar-refractivity contribution in [2.24, 2.45) is 4.99 Å². The molecule has 5 nitrogen and oxygen atoms in total. The van der Waals surface area contributed by atoms with Crippen LogP contribution in [-0.2, 0) is 4.74 Å². The molecular weight excluding hydrogens is 274 g/mol. The lowest BCUT2D eigenvalue weighted by molar-refractivity contribution is 0.0601. The fraction of sp³-hybridized carbons (Fsp3) is 0.300. The topological polar surface area (TPSA) is 54.8 Å². The molecule has 86 valence electrons. The maximum atomic E-state index is 11.5. The zero-order chi connectivity index (χ0) is 12.1. The first kappa shape index (κ1) is 12.6. The molecule has 0 spiro atoms. The van der Waals surface area contributed by atoms with Gasteiger partial charge >= 0.3 is 5.97 Å². The van der Waals surface area contributed by atoms with E-state index in [0.717, 1.165) is 0 Å². The number of ether oxygens (including phenoxy) is 1. The molecule has 16 heavy (non-hydrogen) atoms.